The molecule has 0 saturated heterocycles. The van der Waals surface area contributed by atoms with E-state index in [0.717, 1.165) is 12.1 Å². The minimum atomic E-state index is -0.996. The number of rotatable bonds is 5. The van der Waals surface area contributed by atoms with Gasteiger partial charge in [-0.1, -0.05) is 13.8 Å². The van der Waals surface area contributed by atoms with Crippen LogP contribution in [-0.4, -0.2) is 32.7 Å². The lowest BCUT2D eigenvalue weighted by Crippen LogP contribution is -2.36. The Bertz CT molecular complexity index is 297. The van der Waals surface area contributed by atoms with Crippen molar-refractivity contribution in [3.63, 3.8) is 0 Å². The lowest BCUT2D eigenvalue weighted by Gasteiger charge is -2.17. The van der Waals surface area contributed by atoms with Crippen LogP contribution in [0, 0.1) is 5.92 Å². The van der Waals surface area contributed by atoms with Crippen molar-refractivity contribution in [2.24, 2.45) is 5.92 Å². The Morgan fingerprint density at radius 2 is 2.40 bits per heavy atom. The molecule has 0 bridgehead atoms. The monoisotopic (exact) mass is 212 g/mol. The average Bonchev–Trinajstić information content (AvgIpc) is 2.53. The second-order valence-corrected chi connectivity index (χ2v) is 3.94. The van der Waals surface area contributed by atoms with Crippen LogP contribution in [0.3, 0.4) is 0 Å². The highest BCUT2D eigenvalue weighted by atomic mass is 16.4. The first-order valence-corrected chi connectivity index (χ1v) is 4.92. The fourth-order valence-corrected chi connectivity index (χ4v) is 1.51. The third kappa shape index (κ3) is 4.44. The zero-order valence-corrected chi connectivity index (χ0v) is 8.90. The molecule has 0 spiro atoms. The molecule has 0 aliphatic rings. The number of carbonyl (C=O) groups is 1. The lowest BCUT2D eigenvalue weighted by atomic mass is 10.0. The number of amides is 1. The van der Waals surface area contributed by atoms with Gasteiger partial charge in [-0.3, -0.25) is 0 Å². The summed E-state index contributed by atoms with van der Waals surface area (Å²) in [5.74, 6) is 0.439. The summed E-state index contributed by atoms with van der Waals surface area (Å²) in [6.45, 7) is 4.11. The molecule has 1 atom stereocenters. The standard InChI is InChI=1S/C9H16N4O2/c1-6(2)3-7(11-9(14)15)4-8-5-10-13-12-8/h5-7,11H,3-4H2,1-2H3,(H,14,15)(H,10,12,13). The fourth-order valence-electron chi connectivity index (χ4n) is 1.51. The van der Waals surface area contributed by atoms with Crippen molar-refractivity contribution in [2.45, 2.75) is 32.7 Å². The van der Waals surface area contributed by atoms with Gasteiger partial charge >= 0.3 is 6.09 Å². The maximum atomic E-state index is 10.6. The molecule has 1 aromatic rings. The van der Waals surface area contributed by atoms with E-state index < -0.39 is 6.09 Å². The number of hydrogen-bond donors (Lipinski definition) is 3. The van der Waals surface area contributed by atoms with Crippen molar-refractivity contribution in [3.8, 4) is 0 Å². The number of nitrogens with zero attached hydrogens (tertiary/aromatic N) is 2. The van der Waals surface area contributed by atoms with E-state index in [1.807, 2.05) is 0 Å². The third-order valence-electron chi connectivity index (χ3n) is 2.00. The van der Waals surface area contributed by atoms with Crippen molar-refractivity contribution < 1.29 is 9.90 Å². The van der Waals surface area contributed by atoms with Gasteiger partial charge in [0.25, 0.3) is 0 Å². The number of hydrogen-bond acceptors (Lipinski definition) is 3. The van der Waals surface area contributed by atoms with Crippen LogP contribution >= 0.6 is 0 Å². The smallest absolute Gasteiger partial charge is 0.404 e. The molecule has 0 radical (unpaired) electrons. The van der Waals surface area contributed by atoms with Crippen molar-refractivity contribution in [2.75, 3.05) is 0 Å². The summed E-state index contributed by atoms with van der Waals surface area (Å²) in [7, 11) is 0. The second kappa shape index (κ2) is 5.33. The molecule has 1 unspecified atom stereocenters. The maximum Gasteiger partial charge on any atom is 0.404 e. The molecule has 0 saturated carbocycles. The number of aromatic amines is 1. The van der Waals surface area contributed by atoms with E-state index in [2.05, 4.69) is 34.6 Å². The summed E-state index contributed by atoms with van der Waals surface area (Å²) in [4.78, 5) is 10.6. The van der Waals surface area contributed by atoms with Crippen molar-refractivity contribution >= 4 is 6.09 Å². The number of carboxylic acid groups (broad SMARTS) is 1. The Hall–Kier alpha value is -1.59. The first kappa shape index (κ1) is 11.5. The van der Waals surface area contributed by atoms with E-state index in [1.54, 1.807) is 6.20 Å². The average molecular weight is 212 g/mol. The van der Waals surface area contributed by atoms with Gasteiger partial charge in [0.05, 0.1) is 11.9 Å². The Morgan fingerprint density at radius 1 is 1.67 bits per heavy atom. The Kier molecular flexibility index (Phi) is 4.08. The Balaban J connectivity index is 2.52. The zero-order chi connectivity index (χ0) is 11.3. The van der Waals surface area contributed by atoms with Crippen LogP contribution in [0.15, 0.2) is 6.20 Å². The van der Waals surface area contributed by atoms with Gasteiger partial charge in [0.2, 0.25) is 0 Å². The summed E-state index contributed by atoms with van der Waals surface area (Å²) < 4.78 is 0. The molecule has 0 aliphatic heterocycles. The van der Waals surface area contributed by atoms with E-state index in [9.17, 15) is 4.79 Å². The van der Waals surface area contributed by atoms with Crippen LogP contribution in [-0.2, 0) is 6.42 Å². The molecule has 0 aliphatic carbocycles. The fraction of sp³-hybridized carbons (Fsp3) is 0.667. The van der Waals surface area contributed by atoms with Crippen molar-refractivity contribution in [1.82, 2.24) is 20.7 Å². The quantitative estimate of drug-likeness (QED) is 0.679. The first-order chi connectivity index (χ1) is 7.08. The number of nitrogens with one attached hydrogen (secondary N) is 2. The highest BCUT2D eigenvalue weighted by Gasteiger charge is 2.15. The molecular weight excluding hydrogens is 196 g/mol. The summed E-state index contributed by atoms with van der Waals surface area (Å²) in [5, 5.41) is 21.2. The largest absolute Gasteiger partial charge is 0.465 e. The molecule has 1 aromatic heterocycles. The number of H-pyrrole nitrogens is 1. The van der Waals surface area contributed by atoms with E-state index in [4.69, 9.17) is 5.11 Å². The second-order valence-electron chi connectivity index (χ2n) is 3.94. The Labute approximate surface area is 88.1 Å². The first-order valence-electron chi connectivity index (χ1n) is 4.92. The van der Waals surface area contributed by atoms with Crippen LogP contribution in [0.4, 0.5) is 4.79 Å². The molecule has 15 heavy (non-hydrogen) atoms. The maximum absolute atomic E-state index is 10.6. The van der Waals surface area contributed by atoms with Crippen molar-refractivity contribution in [1.29, 1.82) is 0 Å². The molecule has 1 heterocycles. The van der Waals surface area contributed by atoms with Gasteiger partial charge in [0, 0.05) is 12.5 Å². The van der Waals surface area contributed by atoms with Crippen LogP contribution < -0.4 is 5.32 Å². The Morgan fingerprint density at radius 3 is 2.87 bits per heavy atom. The van der Waals surface area contributed by atoms with Crippen LogP contribution in [0.5, 0.6) is 0 Å². The van der Waals surface area contributed by atoms with Gasteiger partial charge in [0.15, 0.2) is 0 Å². The zero-order valence-electron chi connectivity index (χ0n) is 8.90. The molecule has 0 aromatic carbocycles. The molecule has 1 amide bonds. The van der Waals surface area contributed by atoms with E-state index in [0.29, 0.717) is 12.3 Å². The predicted octanol–water partition coefficient (Wildman–Crippen LogP) is 1.03. The summed E-state index contributed by atoms with van der Waals surface area (Å²) >= 11 is 0. The summed E-state index contributed by atoms with van der Waals surface area (Å²) in [6.07, 6.45) is 1.97. The van der Waals surface area contributed by atoms with Crippen LogP contribution in [0.25, 0.3) is 0 Å². The van der Waals surface area contributed by atoms with Gasteiger partial charge in [-0.2, -0.15) is 15.4 Å². The molecule has 0 fully saturated rings. The molecule has 6 nitrogen and oxygen atoms in total. The SMILES string of the molecule is CC(C)CC(Cc1cn[nH]n1)NC(=O)O. The molecular formula is C9H16N4O2. The molecule has 3 N–H and O–H groups in total. The van der Waals surface area contributed by atoms with Crippen LogP contribution in [0.1, 0.15) is 26.0 Å². The van der Waals surface area contributed by atoms with Crippen LogP contribution in [0.2, 0.25) is 0 Å². The number of aromatic nitrogens is 3. The molecule has 6 heteroatoms. The van der Waals surface area contributed by atoms with E-state index in [1.165, 1.54) is 0 Å². The van der Waals surface area contributed by atoms with E-state index in [-0.39, 0.29) is 6.04 Å². The summed E-state index contributed by atoms with van der Waals surface area (Å²) in [5.41, 5.74) is 0.773. The molecule has 84 valence electrons. The molecule has 1 rings (SSSR count). The normalized spacial score (nSPS) is 12.7. The van der Waals surface area contributed by atoms with Gasteiger partial charge in [0.1, 0.15) is 0 Å². The van der Waals surface area contributed by atoms with Gasteiger partial charge in [-0.25, -0.2) is 4.79 Å². The summed E-state index contributed by atoms with van der Waals surface area (Å²) in [6, 6.07) is -0.104. The van der Waals surface area contributed by atoms with E-state index >= 15 is 0 Å². The topological polar surface area (TPSA) is 90.9 Å². The highest BCUT2D eigenvalue weighted by Crippen LogP contribution is 2.08. The minimum absolute atomic E-state index is 0.104. The van der Waals surface area contributed by atoms with Gasteiger partial charge < -0.3 is 10.4 Å². The van der Waals surface area contributed by atoms with Gasteiger partial charge in [-0.15, -0.1) is 0 Å². The lowest BCUT2D eigenvalue weighted by molar-refractivity contribution is 0.187. The highest BCUT2D eigenvalue weighted by molar-refractivity contribution is 5.64. The minimum Gasteiger partial charge on any atom is -0.465 e. The van der Waals surface area contributed by atoms with Gasteiger partial charge in [-0.05, 0) is 12.3 Å². The third-order valence-corrected chi connectivity index (χ3v) is 2.00. The predicted molar refractivity (Wildman–Crippen MR) is 54.5 cm³/mol. The van der Waals surface area contributed by atoms with Crippen molar-refractivity contribution in [3.05, 3.63) is 11.9 Å².